The number of Topliss-reactive ketones (excluding diaryl/α,β-unsaturated/α-hetero) is 1. The minimum Gasteiger partial charge on any atom is -0.478 e. The Kier molecular flexibility index (Phi) is 7.73. The van der Waals surface area contributed by atoms with E-state index in [1.54, 1.807) is 55.5 Å². The summed E-state index contributed by atoms with van der Waals surface area (Å²) in [6.07, 6.45) is 1.69. The van der Waals surface area contributed by atoms with Crippen LogP contribution in [0.15, 0.2) is 65.6 Å². The molecule has 0 spiro atoms. The molecular weight excluding hydrogens is 392 g/mol. The molecule has 0 saturated heterocycles. The van der Waals surface area contributed by atoms with E-state index in [1.165, 1.54) is 18.7 Å². The van der Waals surface area contributed by atoms with Crippen LogP contribution in [0.25, 0.3) is 0 Å². The van der Waals surface area contributed by atoms with E-state index in [1.807, 2.05) is 0 Å². The van der Waals surface area contributed by atoms with Crippen molar-refractivity contribution in [2.75, 3.05) is 10.6 Å². The molecule has 2 aromatic rings. The van der Waals surface area contributed by atoms with Gasteiger partial charge in [-0.25, -0.2) is 4.79 Å². The Labute approximate surface area is 172 Å². The first-order chi connectivity index (χ1) is 13.7. The number of rotatable bonds is 8. The first-order valence-corrected chi connectivity index (χ1v) is 9.53. The summed E-state index contributed by atoms with van der Waals surface area (Å²) in [6, 6.07) is 13.5. The second-order valence-electron chi connectivity index (χ2n) is 6.07. The van der Waals surface area contributed by atoms with Crippen molar-refractivity contribution in [1.29, 1.82) is 0 Å². The molecule has 0 aliphatic heterocycles. The average molecular weight is 412 g/mol. The fourth-order valence-corrected chi connectivity index (χ4v) is 3.10. The molecule has 3 N–H and O–H groups in total. The zero-order valence-corrected chi connectivity index (χ0v) is 16.7. The first-order valence-electron chi connectivity index (χ1n) is 8.65. The van der Waals surface area contributed by atoms with Gasteiger partial charge in [-0.1, -0.05) is 0 Å². The first kappa shape index (κ1) is 21.9. The Morgan fingerprint density at radius 1 is 0.897 bits per heavy atom. The number of amides is 2. The summed E-state index contributed by atoms with van der Waals surface area (Å²) in [5, 5.41) is 13.5. The van der Waals surface area contributed by atoms with Gasteiger partial charge in [-0.05, 0) is 62.4 Å². The molecule has 2 amide bonds. The number of aliphatic carboxylic acids is 1. The van der Waals surface area contributed by atoms with Gasteiger partial charge in [0, 0.05) is 34.0 Å². The largest absolute Gasteiger partial charge is 0.478 e. The average Bonchev–Trinajstić information content (AvgIpc) is 2.68. The maximum atomic E-state index is 12.4. The van der Waals surface area contributed by atoms with Crippen LogP contribution >= 0.6 is 11.8 Å². The summed E-state index contributed by atoms with van der Waals surface area (Å²) in [5.41, 5.74) is 1.70. The molecule has 2 aromatic carbocycles. The number of anilines is 2. The normalized spacial score (nSPS) is 11.7. The van der Waals surface area contributed by atoms with Gasteiger partial charge < -0.3 is 15.7 Å². The van der Waals surface area contributed by atoms with E-state index in [4.69, 9.17) is 5.11 Å². The minimum absolute atomic E-state index is 0.0376. The van der Waals surface area contributed by atoms with E-state index >= 15 is 0 Å². The lowest BCUT2D eigenvalue weighted by molar-refractivity contribution is -0.131. The van der Waals surface area contributed by atoms with Crippen LogP contribution in [0.4, 0.5) is 11.4 Å². The number of hydrogen-bond donors (Lipinski definition) is 3. The Hall–Kier alpha value is -3.39. The maximum absolute atomic E-state index is 12.4. The molecule has 0 saturated carbocycles. The number of carbonyl (C=O) groups excluding carboxylic acids is 3. The molecule has 0 aliphatic rings. The van der Waals surface area contributed by atoms with E-state index in [0.717, 1.165) is 17.0 Å². The highest BCUT2D eigenvalue weighted by Crippen LogP contribution is 2.25. The van der Waals surface area contributed by atoms with Gasteiger partial charge in [0.1, 0.15) is 0 Å². The van der Waals surface area contributed by atoms with Crippen LogP contribution in [0.5, 0.6) is 0 Å². The summed E-state index contributed by atoms with van der Waals surface area (Å²) in [6.45, 7) is 3.26. The van der Waals surface area contributed by atoms with E-state index < -0.39 is 11.9 Å². The van der Waals surface area contributed by atoms with E-state index in [-0.39, 0.29) is 16.9 Å². The fourth-order valence-electron chi connectivity index (χ4n) is 2.24. The summed E-state index contributed by atoms with van der Waals surface area (Å²) in [7, 11) is 0. The Balaban J connectivity index is 1.90. The highest BCUT2D eigenvalue weighted by atomic mass is 32.2. The van der Waals surface area contributed by atoms with Gasteiger partial charge in [-0.2, -0.15) is 0 Å². The standard InChI is InChI=1S/C21H20N2O5S/c1-13(24)15-3-5-17(6-4-15)23-21(28)14(2)29-18-9-7-16(8-10-18)22-19(25)11-12-20(26)27/h3-12,14H,1-2H3,(H,22,25)(H,23,28)(H,26,27)/b12-11+. The number of carboxylic acid groups (broad SMARTS) is 1. The smallest absolute Gasteiger partial charge is 0.328 e. The SMILES string of the molecule is CC(=O)c1ccc(NC(=O)C(C)Sc2ccc(NC(=O)/C=C/C(=O)O)cc2)cc1. The monoisotopic (exact) mass is 412 g/mol. The van der Waals surface area contributed by atoms with Gasteiger partial charge in [0.25, 0.3) is 0 Å². The van der Waals surface area contributed by atoms with Gasteiger partial charge in [-0.3, -0.25) is 14.4 Å². The van der Waals surface area contributed by atoms with Crippen LogP contribution in [-0.2, 0) is 14.4 Å². The van der Waals surface area contributed by atoms with E-state index in [2.05, 4.69) is 10.6 Å². The number of benzene rings is 2. The van der Waals surface area contributed by atoms with Crippen molar-refractivity contribution < 1.29 is 24.3 Å². The van der Waals surface area contributed by atoms with Crippen LogP contribution in [0.1, 0.15) is 24.2 Å². The minimum atomic E-state index is -1.20. The van der Waals surface area contributed by atoms with Crippen molar-refractivity contribution in [2.24, 2.45) is 0 Å². The third-order valence-corrected chi connectivity index (χ3v) is 4.85. The molecule has 0 bridgehead atoms. The molecule has 2 rings (SSSR count). The van der Waals surface area contributed by atoms with Gasteiger partial charge in [-0.15, -0.1) is 11.8 Å². The van der Waals surface area contributed by atoms with E-state index in [9.17, 15) is 19.2 Å². The number of hydrogen-bond acceptors (Lipinski definition) is 5. The number of nitrogens with one attached hydrogen (secondary N) is 2. The number of carbonyl (C=O) groups is 4. The topological polar surface area (TPSA) is 113 Å². The third kappa shape index (κ3) is 7.27. The third-order valence-electron chi connectivity index (χ3n) is 3.74. The second-order valence-corrected chi connectivity index (χ2v) is 7.48. The maximum Gasteiger partial charge on any atom is 0.328 e. The molecule has 0 radical (unpaired) electrons. The molecule has 8 heteroatoms. The zero-order chi connectivity index (χ0) is 21.4. The summed E-state index contributed by atoms with van der Waals surface area (Å²) >= 11 is 1.35. The summed E-state index contributed by atoms with van der Waals surface area (Å²) in [5.74, 6) is -1.96. The molecule has 0 aliphatic carbocycles. The molecule has 1 unspecified atom stereocenters. The number of carboxylic acids is 1. The zero-order valence-electron chi connectivity index (χ0n) is 15.8. The van der Waals surface area contributed by atoms with Gasteiger partial charge in [0.2, 0.25) is 11.8 Å². The fraction of sp³-hybridized carbons (Fsp3) is 0.143. The molecule has 0 aromatic heterocycles. The van der Waals surface area contributed by atoms with Gasteiger partial charge in [0.05, 0.1) is 5.25 Å². The lowest BCUT2D eigenvalue weighted by Crippen LogP contribution is -2.22. The van der Waals surface area contributed by atoms with Crippen molar-refractivity contribution in [2.45, 2.75) is 24.0 Å². The summed E-state index contributed by atoms with van der Waals surface area (Å²) in [4.78, 5) is 46.5. The molecule has 29 heavy (non-hydrogen) atoms. The van der Waals surface area contributed by atoms with Crippen molar-refractivity contribution in [1.82, 2.24) is 0 Å². The second kappa shape index (κ2) is 10.2. The number of ketones is 1. The molecule has 0 fully saturated rings. The Morgan fingerprint density at radius 2 is 1.45 bits per heavy atom. The van der Waals surface area contributed by atoms with Crippen LogP contribution in [-0.4, -0.2) is 33.9 Å². The van der Waals surface area contributed by atoms with Crippen LogP contribution in [0.3, 0.4) is 0 Å². The van der Waals surface area contributed by atoms with Gasteiger partial charge in [0.15, 0.2) is 5.78 Å². The number of thioether (sulfide) groups is 1. The highest BCUT2D eigenvalue weighted by molar-refractivity contribution is 8.00. The predicted molar refractivity (Wildman–Crippen MR) is 112 cm³/mol. The Morgan fingerprint density at radius 3 is 2.00 bits per heavy atom. The molecule has 7 nitrogen and oxygen atoms in total. The van der Waals surface area contributed by atoms with Crippen LogP contribution < -0.4 is 10.6 Å². The van der Waals surface area contributed by atoms with Crippen molar-refractivity contribution in [3.8, 4) is 0 Å². The van der Waals surface area contributed by atoms with Crippen molar-refractivity contribution >= 4 is 46.7 Å². The van der Waals surface area contributed by atoms with Crippen LogP contribution in [0.2, 0.25) is 0 Å². The molecule has 150 valence electrons. The quantitative estimate of drug-likeness (QED) is 0.347. The van der Waals surface area contributed by atoms with E-state index in [0.29, 0.717) is 16.9 Å². The Bertz CT molecular complexity index is 937. The van der Waals surface area contributed by atoms with Crippen LogP contribution in [0, 0.1) is 0 Å². The molecular formula is C21H20N2O5S. The lowest BCUT2D eigenvalue weighted by Gasteiger charge is -2.12. The highest BCUT2D eigenvalue weighted by Gasteiger charge is 2.15. The molecule has 1 atom stereocenters. The lowest BCUT2D eigenvalue weighted by atomic mass is 10.1. The molecule has 0 heterocycles. The summed E-state index contributed by atoms with van der Waals surface area (Å²) < 4.78 is 0. The van der Waals surface area contributed by atoms with Crippen molar-refractivity contribution in [3.05, 3.63) is 66.2 Å². The predicted octanol–water partition coefficient (Wildman–Crippen LogP) is 3.59. The van der Waals surface area contributed by atoms with Gasteiger partial charge >= 0.3 is 5.97 Å². The van der Waals surface area contributed by atoms with Crippen molar-refractivity contribution in [3.63, 3.8) is 0 Å².